The van der Waals surface area contributed by atoms with Crippen molar-refractivity contribution in [2.75, 3.05) is 6.61 Å². The molecule has 7 atom stereocenters. The Bertz CT molecular complexity index is 386. The van der Waals surface area contributed by atoms with Crippen LogP contribution in [0.5, 0.6) is 0 Å². The van der Waals surface area contributed by atoms with Gasteiger partial charge in [0.25, 0.3) is 0 Å². The Morgan fingerprint density at radius 1 is 0.947 bits per heavy atom. The van der Waals surface area contributed by atoms with Crippen molar-refractivity contribution in [1.82, 2.24) is 0 Å². The van der Waals surface area contributed by atoms with E-state index in [2.05, 4.69) is 13.8 Å². The molecular formula is C15H24O4. The fraction of sp³-hybridized carbons (Fsp3) is 1.00. The second-order valence-electron chi connectivity index (χ2n) is 7.22. The summed E-state index contributed by atoms with van der Waals surface area (Å²) in [5.41, 5.74) is -0.370. The molecule has 4 saturated heterocycles. The number of rotatable bonds is 0. The summed E-state index contributed by atoms with van der Waals surface area (Å²) in [6.07, 6.45) is 4.24. The maximum absolute atomic E-state index is 6.16. The van der Waals surface area contributed by atoms with E-state index < -0.39 is 5.79 Å². The van der Waals surface area contributed by atoms with Gasteiger partial charge >= 0.3 is 0 Å². The minimum atomic E-state index is -0.627. The van der Waals surface area contributed by atoms with Gasteiger partial charge in [-0.25, -0.2) is 9.78 Å². The van der Waals surface area contributed by atoms with Crippen LogP contribution >= 0.6 is 0 Å². The first-order valence-electron chi connectivity index (χ1n) is 7.71. The number of hydrogen-bond donors (Lipinski definition) is 0. The lowest BCUT2D eigenvalue weighted by atomic mass is 9.58. The van der Waals surface area contributed by atoms with Crippen LogP contribution in [-0.2, 0) is 19.2 Å². The smallest absolute Gasteiger partial charge is 0.201 e. The van der Waals surface area contributed by atoms with Crippen LogP contribution in [0.15, 0.2) is 0 Å². The first kappa shape index (κ1) is 12.6. The quantitative estimate of drug-likeness (QED) is 0.633. The molecule has 1 spiro atoms. The van der Waals surface area contributed by atoms with Crippen molar-refractivity contribution in [1.29, 1.82) is 0 Å². The van der Waals surface area contributed by atoms with E-state index in [-0.39, 0.29) is 11.9 Å². The van der Waals surface area contributed by atoms with Gasteiger partial charge in [-0.2, -0.15) is 0 Å². The van der Waals surface area contributed by atoms with Gasteiger partial charge in [0, 0.05) is 12.3 Å². The number of fused-ring (bicyclic) bond motifs is 2. The van der Waals surface area contributed by atoms with Crippen LogP contribution in [0, 0.1) is 23.7 Å². The van der Waals surface area contributed by atoms with Gasteiger partial charge < -0.3 is 9.47 Å². The summed E-state index contributed by atoms with van der Waals surface area (Å²) in [5, 5.41) is 0. The fourth-order valence-corrected chi connectivity index (χ4v) is 4.88. The predicted octanol–water partition coefficient (Wildman–Crippen LogP) is 2.87. The molecule has 108 valence electrons. The summed E-state index contributed by atoms with van der Waals surface area (Å²) >= 11 is 0. The molecule has 0 aromatic rings. The summed E-state index contributed by atoms with van der Waals surface area (Å²) in [6.45, 7) is 7.36. The highest BCUT2D eigenvalue weighted by Crippen LogP contribution is 2.59. The van der Waals surface area contributed by atoms with E-state index in [4.69, 9.17) is 19.2 Å². The normalized spacial score (nSPS) is 60.5. The molecular weight excluding hydrogens is 244 g/mol. The molecule has 0 radical (unpaired) electrons. The van der Waals surface area contributed by atoms with Gasteiger partial charge in [0.05, 0.1) is 6.61 Å². The first-order valence-corrected chi connectivity index (χ1v) is 7.71. The second-order valence-corrected chi connectivity index (χ2v) is 7.22. The van der Waals surface area contributed by atoms with Crippen LogP contribution in [0.2, 0.25) is 0 Å². The number of ether oxygens (including phenoxy) is 2. The first-order chi connectivity index (χ1) is 9.05. The summed E-state index contributed by atoms with van der Waals surface area (Å²) < 4.78 is 12.2. The molecule has 1 saturated carbocycles. The van der Waals surface area contributed by atoms with Crippen molar-refractivity contribution in [2.24, 2.45) is 23.7 Å². The maximum atomic E-state index is 6.16. The van der Waals surface area contributed by atoms with Gasteiger partial charge in [0.15, 0.2) is 11.9 Å². The molecule has 4 heterocycles. The minimum absolute atomic E-state index is 0.248. The highest BCUT2D eigenvalue weighted by atomic mass is 17.3. The van der Waals surface area contributed by atoms with Crippen molar-refractivity contribution >= 4 is 0 Å². The minimum Gasteiger partial charge on any atom is -0.349 e. The molecule has 5 fully saturated rings. The van der Waals surface area contributed by atoms with Crippen LogP contribution in [0.3, 0.4) is 0 Å². The SMILES string of the molecule is C[C@@H]1CCC2[C@@H](C)CO[C@@H]3OC4(C)CC[C@@H]1C23OO4. The van der Waals surface area contributed by atoms with E-state index in [1.165, 1.54) is 12.8 Å². The average Bonchev–Trinajstić information content (AvgIpc) is 2.61. The van der Waals surface area contributed by atoms with Gasteiger partial charge in [-0.15, -0.1) is 0 Å². The average molecular weight is 268 g/mol. The molecule has 3 unspecified atom stereocenters. The van der Waals surface area contributed by atoms with Gasteiger partial charge in [-0.1, -0.05) is 13.8 Å². The maximum Gasteiger partial charge on any atom is 0.201 e. The van der Waals surface area contributed by atoms with Crippen molar-refractivity contribution in [3.63, 3.8) is 0 Å². The van der Waals surface area contributed by atoms with Crippen LogP contribution in [-0.4, -0.2) is 24.3 Å². The second kappa shape index (κ2) is 3.94. The lowest BCUT2D eigenvalue weighted by Gasteiger charge is -2.58. The van der Waals surface area contributed by atoms with E-state index in [1.54, 1.807) is 0 Å². The zero-order chi connectivity index (χ0) is 13.3. The third kappa shape index (κ3) is 1.54. The summed E-state index contributed by atoms with van der Waals surface area (Å²) in [5.74, 6) is 1.53. The lowest BCUT2D eigenvalue weighted by Crippen LogP contribution is -2.68. The molecule has 4 aliphatic heterocycles. The molecule has 0 aromatic carbocycles. The van der Waals surface area contributed by atoms with Crippen molar-refractivity contribution < 1.29 is 19.2 Å². The van der Waals surface area contributed by atoms with E-state index >= 15 is 0 Å². The standard InChI is InChI=1S/C15H24O4/c1-9-4-5-11-10(2)8-16-13-15(11)12(9)6-7-14(3,17-13)18-19-15/h9-13H,4-8H2,1-3H3/t9-,10+,11?,12+,13-,14?,15?/m1/s1. The van der Waals surface area contributed by atoms with Crippen LogP contribution < -0.4 is 0 Å². The molecule has 19 heavy (non-hydrogen) atoms. The Morgan fingerprint density at radius 2 is 1.74 bits per heavy atom. The topological polar surface area (TPSA) is 36.9 Å². The van der Waals surface area contributed by atoms with Gasteiger partial charge in [0.1, 0.15) is 0 Å². The van der Waals surface area contributed by atoms with Crippen molar-refractivity contribution in [2.45, 2.75) is 64.1 Å². The third-order valence-corrected chi connectivity index (χ3v) is 5.97. The summed E-state index contributed by atoms with van der Waals surface area (Å²) in [7, 11) is 0. The van der Waals surface area contributed by atoms with E-state index in [0.29, 0.717) is 23.7 Å². The Labute approximate surface area is 114 Å². The van der Waals surface area contributed by atoms with Crippen LogP contribution in [0.1, 0.15) is 46.5 Å². The van der Waals surface area contributed by atoms with E-state index in [0.717, 1.165) is 19.4 Å². The highest BCUT2D eigenvalue weighted by Gasteiger charge is 2.67. The Balaban J connectivity index is 1.81. The van der Waals surface area contributed by atoms with Crippen molar-refractivity contribution in [3.05, 3.63) is 0 Å². The van der Waals surface area contributed by atoms with Gasteiger partial charge in [-0.05, 0) is 43.9 Å². The Hall–Kier alpha value is -0.160. The van der Waals surface area contributed by atoms with Crippen LogP contribution in [0.4, 0.5) is 0 Å². The molecule has 0 amide bonds. The lowest BCUT2D eigenvalue weighted by molar-refractivity contribution is -0.566. The predicted molar refractivity (Wildman–Crippen MR) is 67.9 cm³/mol. The summed E-state index contributed by atoms with van der Waals surface area (Å²) in [4.78, 5) is 11.7. The molecule has 0 aromatic heterocycles. The van der Waals surface area contributed by atoms with Crippen molar-refractivity contribution in [3.8, 4) is 0 Å². The van der Waals surface area contributed by atoms with E-state index in [9.17, 15) is 0 Å². The molecule has 5 aliphatic rings. The molecule has 5 rings (SSSR count). The highest BCUT2D eigenvalue weighted by molar-refractivity contribution is 5.08. The molecule has 0 N–H and O–H groups in total. The fourth-order valence-electron chi connectivity index (χ4n) is 4.88. The monoisotopic (exact) mass is 268 g/mol. The zero-order valence-corrected chi connectivity index (χ0v) is 12.1. The van der Waals surface area contributed by atoms with Gasteiger partial charge in [0.2, 0.25) is 5.79 Å². The molecule has 4 nitrogen and oxygen atoms in total. The molecule has 4 heteroatoms. The zero-order valence-electron chi connectivity index (χ0n) is 12.1. The Kier molecular flexibility index (Phi) is 2.61. The Morgan fingerprint density at radius 3 is 2.58 bits per heavy atom. The molecule has 2 bridgehead atoms. The largest absolute Gasteiger partial charge is 0.349 e. The number of hydrogen-bond acceptors (Lipinski definition) is 4. The third-order valence-electron chi connectivity index (χ3n) is 5.97. The molecule has 1 aliphatic carbocycles. The summed E-state index contributed by atoms with van der Waals surface area (Å²) in [6, 6.07) is 0. The van der Waals surface area contributed by atoms with Gasteiger partial charge in [-0.3, -0.25) is 0 Å². The van der Waals surface area contributed by atoms with Crippen LogP contribution in [0.25, 0.3) is 0 Å². The van der Waals surface area contributed by atoms with E-state index in [1.807, 2.05) is 6.92 Å².